The molecule has 0 nitrogen and oxygen atoms in total. The van der Waals surface area contributed by atoms with Crippen molar-refractivity contribution in [3.05, 3.63) is 18.1 Å². The van der Waals surface area contributed by atoms with Gasteiger partial charge in [0.1, 0.15) is 0 Å². The highest BCUT2D eigenvalue weighted by Gasteiger charge is 2.48. The molecule has 0 saturated heterocycles. The van der Waals surface area contributed by atoms with Crippen LogP contribution >= 0.6 is 0 Å². The van der Waals surface area contributed by atoms with Gasteiger partial charge in [0.15, 0.2) is 0 Å². The lowest BCUT2D eigenvalue weighted by Gasteiger charge is -2.54. The number of rotatable bonds is 0. The number of hydrogen-bond donors (Lipinski definition) is 0. The third-order valence-electron chi connectivity index (χ3n) is 4.61. The van der Waals surface area contributed by atoms with Crippen molar-refractivity contribution in [3.63, 3.8) is 0 Å². The zero-order valence-corrected chi connectivity index (χ0v) is 7.84. The lowest BCUT2D eigenvalue weighted by Crippen LogP contribution is -2.44. The highest BCUT2D eigenvalue weighted by molar-refractivity contribution is 5.23. The first-order chi connectivity index (χ1) is 5.75. The van der Waals surface area contributed by atoms with Crippen LogP contribution in [0.5, 0.6) is 0 Å². The zero-order chi connectivity index (χ0) is 8.29. The van der Waals surface area contributed by atoms with Crippen LogP contribution in [0.3, 0.4) is 0 Å². The lowest BCUT2D eigenvalue weighted by atomic mass is 9.51. The molecule has 0 unspecified atom stereocenters. The van der Waals surface area contributed by atoms with Crippen molar-refractivity contribution in [2.24, 2.45) is 23.7 Å². The summed E-state index contributed by atoms with van der Waals surface area (Å²) >= 11 is 0. The van der Waals surface area contributed by atoms with Crippen molar-refractivity contribution in [2.75, 3.05) is 0 Å². The molecule has 0 aliphatic heterocycles. The predicted molar refractivity (Wildman–Crippen MR) is 50.5 cm³/mol. The Labute approximate surface area is 75.0 Å². The second-order valence-corrected chi connectivity index (χ2v) is 5.05. The molecule has 12 heavy (non-hydrogen) atoms. The first-order valence-corrected chi connectivity index (χ1v) is 5.27. The maximum absolute atomic E-state index is 4.27. The summed E-state index contributed by atoms with van der Waals surface area (Å²) in [5, 5.41) is 0. The van der Waals surface area contributed by atoms with Crippen molar-refractivity contribution in [2.45, 2.75) is 32.6 Å². The molecule has 4 rings (SSSR count). The molecule has 65 valence electrons. The van der Waals surface area contributed by atoms with Gasteiger partial charge in [0.2, 0.25) is 0 Å². The van der Waals surface area contributed by atoms with Crippen LogP contribution in [0.4, 0.5) is 0 Å². The van der Waals surface area contributed by atoms with E-state index in [1.165, 1.54) is 25.7 Å². The Morgan fingerprint density at radius 3 is 1.75 bits per heavy atom. The summed E-state index contributed by atoms with van der Waals surface area (Å²) < 4.78 is 0. The molecule has 4 saturated carbocycles. The van der Waals surface area contributed by atoms with Crippen molar-refractivity contribution in [1.82, 2.24) is 0 Å². The minimum atomic E-state index is 0.913. The van der Waals surface area contributed by atoms with E-state index >= 15 is 0 Å². The molecule has 0 atom stereocenters. The van der Waals surface area contributed by atoms with Gasteiger partial charge in [-0.2, -0.15) is 0 Å². The molecule has 0 N–H and O–H groups in total. The van der Waals surface area contributed by atoms with Crippen LogP contribution < -0.4 is 0 Å². The van der Waals surface area contributed by atoms with E-state index in [4.69, 9.17) is 0 Å². The fraction of sp³-hybridized carbons (Fsp3) is 0.750. The maximum atomic E-state index is 4.27. The van der Waals surface area contributed by atoms with Crippen LogP contribution in [-0.4, -0.2) is 0 Å². The van der Waals surface area contributed by atoms with Gasteiger partial charge in [-0.3, -0.25) is 0 Å². The monoisotopic (exact) mass is 161 g/mol. The topological polar surface area (TPSA) is 0 Å². The van der Waals surface area contributed by atoms with E-state index in [2.05, 4.69) is 13.5 Å². The molecular formula is C12H17. The van der Waals surface area contributed by atoms with E-state index in [1.54, 1.807) is 5.57 Å². The minimum absolute atomic E-state index is 0.913. The van der Waals surface area contributed by atoms with Gasteiger partial charge in [-0.05, 0) is 55.3 Å². The van der Waals surface area contributed by atoms with Gasteiger partial charge in [0.25, 0.3) is 0 Å². The van der Waals surface area contributed by atoms with Gasteiger partial charge < -0.3 is 0 Å². The van der Waals surface area contributed by atoms with Crippen molar-refractivity contribution in [3.8, 4) is 0 Å². The first kappa shape index (κ1) is 7.17. The van der Waals surface area contributed by atoms with Crippen LogP contribution in [0.25, 0.3) is 0 Å². The molecule has 0 heterocycles. The zero-order valence-electron chi connectivity index (χ0n) is 7.84. The third kappa shape index (κ3) is 0.739. The van der Waals surface area contributed by atoms with Gasteiger partial charge in [0.05, 0.1) is 0 Å². The van der Waals surface area contributed by atoms with Crippen LogP contribution in [0.15, 0.2) is 12.2 Å². The molecule has 4 aliphatic rings. The van der Waals surface area contributed by atoms with Crippen LogP contribution in [0, 0.1) is 29.6 Å². The van der Waals surface area contributed by atoms with Gasteiger partial charge in [-0.25, -0.2) is 0 Å². The Balaban J connectivity index is 1.96. The number of hydrogen-bond acceptors (Lipinski definition) is 0. The number of allylic oxidation sites excluding steroid dienone is 1. The fourth-order valence-electron chi connectivity index (χ4n) is 3.77. The van der Waals surface area contributed by atoms with Crippen LogP contribution in [0.2, 0.25) is 0 Å². The van der Waals surface area contributed by atoms with E-state index < -0.39 is 0 Å². The Morgan fingerprint density at radius 1 is 0.917 bits per heavy atom. The standard InChI is InChI=1S/C12H17/c1-7-9-3-11-5-10(7)6-12(4-9)8(11)2/h9-12H,1,3-6H2,2H3. The molecule has 0 aromatic carbocycles. The normalized spacial score (nSPS) is 51.9. The third-order valence-corrected chi connectivity index (χ3v) is 4.61. The molecule has 0 heteroatoms. The summed E-state index contributed by atoms with van der Waals surface area (Å²) in [6, 6.07) is 0. The van der Waals surface area contributed by atoms with Crippen LogP contribution in [-0.2, 0) is 0 Å². The van der Waals surface area contributed by atoms with Crippen molar-refractivity contribution >= 4 is 0 Å². The molecular weight excluding hydrogens is 144 g/mol. The largest absolute Gasteiger partial charge is 0.0993 e. The molecule has 0 aromatic heterocycles. The van der Waals surface area contributed by atoms with Gasteiger partial charge in [-0.15, -0.1) is 0 Å². The van der Waals surface area contributed by atoms with Gasteiger partial charge in [-0.1, -0.05) is 19.1 Å². The minimum Gasteiger partial charge on any atom is -0.0993 e. The summed E-state index contributed by atoms with van der Waals surface area (Å²) in [6.45, 7) is 6.67. The van der Waals surface area contributed by atoms with Crippen molar-refractivity contribution < 1.29 is 0 Å². The first-order valence-electron chi connectivity index (χ1n) is 5.27. The molecule has 4 aliphatic carbocycles. The molecule has 0 spiro atoms. The second kappa shape index (κ2) is 2.16. The summed E-state index contributed by atoms with van der Waals surface area (Å²) in [4.78, 5) is 0. The van der Waals surface area contributed by atoms with E-state index in [9.17, 15) is 0 Å². The molecule has 1 radical (unpaired) electrons. The Kier molecular flexibility index (Phi) is 1.29. The molecule has 4 fully saturated rings. The predicted octanol–water partition coefficient (Wildman–Crippen LogP) is 3.20. The average Bonchev–Trinajstić information content (AvgIpc) is 2.02. The second-order valence-electron chi connectivity index (χ2n) is 5.05. The van der Waals surface area contributed by atoms with Crippen LogP contribution in [0.1, 0.15) is 32.6 Å². The Hall–Kier alpha value is -0.260. The fourth-order valence-corrected chi connectivity index (χ4v) is 3.77. The van der Waals surface area contributed by atoms with E-state index in [-0.39, 0.29) is 0 Å². The lowest BCUT2D eigenvalue weighted by molar-refractivity contribution is 0.0981. The highest BCUT2D eigenvalue weighted by atomic mass is 14.5. The van der Waals surface area contributed by atoms with Crippen molar-refractivity contribution in [1.29, 1.82) is 0 Å². The van der Waals surface area contributed by atoms with E-state index in [1.807, 2.05) is 5.92 Å². The quantitative estimate of drug-likeness (QED) is 0.479. The molecule has 0 amide bonds. The summed E-state index contributed by atoms with van der Waals surface area (Å²) in [7, 11) is 0. The molecule has 4 bridgehead atoms. The van der Waals surface area contributed by atoms with Gasteiger partial charge in [0, 0.05) is 0 Å². The summed E-state index contributed by atoms with van der Waals surface area (Å²) in [5.41, 5.74) is 1.61. The maximum Gasteiger partial charge on any atom is -0.0197 e. The summed E-state index contributed by atoms with van der Waals surface area (Å²) in [5.74, 6) is 5.62. The Morgan fingerprint density at radius 2 is 1.33 bits per heavy atom. The van der Waals surface area contributed by atoms with E-state index in [0.29, 0.717) is 0 Å². The average molecular weight is 161 g/mol. The summed E-state index contributed by atoms with van der Waals surface area (Å²) in [6.07, 6.45) is 5.77. The highest BCUT2D eigenvalue weighted by Crippen LogP contribution is 2.58. The Bertz CT molecular complexity index is 194. The smallest absolute Gasteiger partial charge is 0.0197 e. The van der Waals surface area contributed by atoms with E-state index in [0.717, 1.165) is 23.7 Å². The van der Waals surface area contributed by atoms with Gasteiger partial charge >= 0.3 is 0 Å². The molecule has 0 aromatic rings. The SMILES string of the molecule is C=C1C2CC3CC1CC(C2)[C]3C.